The summed E-state index contributed by atoms with van der Waals surface area (Å²) in [5, 5.41) is 4.36. The Morgan fingerprint density at radius 1 is 1.39 bits per heavy atom. The van der Waals surface area contributed by atoms with E-state index in [1.165, 1.54) is 29.5 Å². The maximum atomic E-state index is 13.5. The second kappa shape index (κ2) is 5.48. The number of rotatable bonds is 3. The van der Waals surface area contributed by atoms with Crippen LogP contribution in [-0.2, 0) is 4.79 Å². The molecule has 0 radical (unpaired) electrons. The van der Waals surface area contributed by atoms with Gasteiger partial charge in [-0.15, -0.1) is 11.3 Å². The summed E-state index contributed by atoms with van der Waals surface area (Å²) in [6.45, 7) is 0. The molecular formula is C12H10ClFN2OS. The molecule has 1 aromatic carbocycles. The molecule has 0 aliphatic rings. The second-order valence-corrected chi connectivity index (χ2v) is 4.97. The van der Waals surface area contributed by atoms with Gasteiger partial charge in [0.2, 0.25) is 5.91 Å². The number of carbonyl (C=O) groups excluding carboxylic acids is 1. The molecule has 3 nitrogen and oxygen atoms in total. The Balaban J connectivity index is 2.17. The van der Waals surface area contributed by atoms with Gasteiger partial charge < -0.3 is 11.1 Å². The fraction of sp³-hybridized carbons (Fsp3) is 0.0833. The fourth-order valence-corrected chi connectivity index (χ4v) is 2.35. The molecule has 94 valence electrons. The van der Waals surface area contributed by atoms with Crippen LogP contribution in [0.1, 0.15) is 10.9 Å². The van der Waals surface area contributed by atoms with Crippen molar-refractivity contribution in [2.45, 2.75) is 6.04 Å². The van der Waals surface area contributed by atoms with E-state index in [2.05, 4.69) is 5.32 Å². The molecule has 2 aromatic rings. The van der Waals surface area contributed by atoms with Gasteiger partial charge in [-0.25, -0.2) is 4.39 Å². The molecule has 0 fully saturated rings. The van der Waals surface area contributed by atoms with E-state index >= 15 is 0 Å². The highest BCUT2D eigenvalue weighted by Crippen LogP contribution is 2.26. The van der Waals surface area contributed by atoms with Crippen LogP contribution >= 0.6 is 22.9 Å². The molecule has 0 aliphatic carbocycles. The van der Waals surface area contributed by atoms with Crippen LogP contribution in [0.3, 0.4) is 0 Å². The molecular weight excluding hydrogens is 275 g/mol. The largest absolute Gasteiger partial charge is 0.321 e. The SMILES string of the molecule is NC(C(=O)Nc1c(F)cccc1Cl)c1cccs1. The lowest BCUT2D eigenvalue weighted by Crippen LogP contribution is -2.27. The average molecular weight is 285 g/mol. The summed E-state index contributed by atoms with van der Waals surface area (Å²) in [7, 11) is 0. The third-order valence-electron chi connectivity index (χ3n) is 2.34. The van der Waals surface area contributed by atoms with Crippen molar-refractivity contribution < 1.29 is 9.18 Å². The lowest BCUT2D eigenvalue weighted by molar-refractivity contribution is -0.117. The van der Waals surface area contributed by atoms with Gasteiger partial charge in [0.25, 0.3) is 0 Å². The van der Waals surface area contributed by atoms with Gasteiger partial charge in [0, 0.05) is 4.88 Å². The zero-order chi connectivity index (χ0) is 13.1. The minimum absolute atomic E-state index is 0.0452. The number of nitrogens with one attached hydrogen (secondary N) is 1. The van der Waals surface area contributed by atoms with Crippen molar-refractivity contribution in [2.24, 2.45) is 5.73 Å². The minimum Gasteiger partial charge on any atom is -0.321 e. The lowest BCUT2D eigenvalue weighted by atomic mass is 10.2. The second-order valence-electron chi connectivity index (χ2n) is 3.58. The summed E-state index contributed by atoms with van der Waals surface area (Å²) in [4.78, 5) is 12.6. The standard InChI is InChI=1S/C12H10ClFN2OS/c13-7-3-1-4-8(14)11(7)16-12(17)10(15)9-5-2-6-18-9/h1-6,10H,15H2,(H,16,17). The van der Waals surface area contributed by atoms with Gasteiger partial charge in [-0.3, -0.25) is 4.79 Å². The highest BCUT2D eigenvalue weighted by molar-refractivity contribution is 7.10. The Kier molecular flexibility index (Phi) is 3.96. The van der Waals surface area contributed by atoms with Crippen molar-refractivity contribution >= 4 is 34.5 Å². The monoisotopic (exact) mass is 284 g/mol. The lowest BCUT2D eigenvalue weighted by Gasteiger charge is -2.12. The number of benzene rings is 1. The molecule has 3 N–H and O–H groups in total. The van der Waals surface area contributed by atoms with Gasteiger partial charge in [0.05, 0.1) is 10.7 Å². The van der Waals surface area contributed by atoms with E-state index in [0.29, 0.717) is 4.88 Å². The first kappa shape index (κ1) is 13.0. The third-order valence-corrected chi connectivity index (χ3v) is 3.61. The van der Waals surface area contributed by atoms with Crippen molar-refractivity contribution in [1.82, 2.24) is 0 Å². The summed E-state index contributed by atoms with van der Waals surface area (Å²) in [6.07, 6.45) is 0. The van der Waals surface area contributed by atoms with Gasteiger partial charge in [-0.05, 0) is 23.6 Å². The summed E-state index contributed by atoms with van der Waals surface area (Å²) in [5.41, 5.74) is 5.72. The van der Waals surface area contributed by atoms with Crippen LogP contribution in [0.2, 0.25) is 5.02 Å². The van der Waals surface area contributed by atoms with Gasteiger partial charge in [-0.2, -0.15) is 0 Å². The van der Waals surface area contributed by atoms with Crippen molar-refractivity contribution in [3.05, 3.63) is 51.4 Å². The van der Waals surface area contributed by atoms with E-state index in [4.69, 9.17) is 17.3 Å². The third kappa shape index (κ3) is 2.69. The Labute approximate surface area is 112 Å². The van der Waals surface area contributed by atoms with Crippen LogP contribution in [0.15, 0.2) is 35.7 Å². The molecule has 0 bridgehead atoms. The number of hydrogen-bond donors (Lipinski definition) is 2. The van der Waals surface area contributed by atoms with E-state index < -0.39 is 17.8 Å². The van der Waals surface area contributed by atoms with Gasteiger partial charge in [0.1, 0.15) is 11.9 Å². The van der Waals surface area contributed by atoms with Crippen molar-refractivity contribution in [3.8, 4) is 0 Å². The molecule has 18 heavy (non-hydrogen) atoms. The predicted octanol–water partition coefficient (Wildman–Crippen LogP) is 3.18. The number of halogens is 2. The zero-order valence-electron chi connectivity index (χ0n) is 9.19. The zero-order valence-corrected chi connectivity index (χ0v) is 10.8. The van der Waals surface area contributed by atoms with Gasteiger partial charge in [0.15, 0.2) is 0 Å². The number of hydrogen-bond acceptors (Lipinski definition) is 3. The number of nitrogens with two attached hydrogens (primary N) is 1. The molecule has 0 aliphatic heterocycles. The number of carbonyl (C=O) groups is 1. The Morgan fingerprint density at radius 2 is 2.17 bits per heavy atom. The predicted molar refractivity (Wildman–Crippen MR) is 71.3 cm³/mol. The molecule has 1 atom stereocenters. The normalized spacial score (nSPS) is 12.2. The first-order chi connectivity index (χ1) is 8.59. The number of amides is 1. The number of thiophene rings is 1. The van der Waals surface area contributed by atoms with E-state index in [1.807, 2.05) is 5.38 Å². The van der Waals surface area contributed by atoms with Crippen LogP contribution in [0.5, 0.6) is 0 Å². The molecule has 2 rings (SSSR count). The van der Waals surface area contributed by atoms with Crippen molar-refractivity contribution in [3.63, 3.8) is 0 Å². The molecule has 0 spiro atoms. The molecule has 6 heteroatoms. The van der Waals surface area contributed by atoms with Crippen LogP contribution in [0.4, 0.5) is 10.1 Å². The number of anilines is 1. The maximum absolute atomic E-state index is 13.5. The van der Waals surface area contributed by atoms with E-state index in [0.717, 1.165) is 0 Å². The highest BCUT2D eigenvalue weighted by atomic mass is 35.5. The van der Waals surface area contributed by atoms with Gasteiger partial charge >= 0.3 is 0 Å². The summed E-state index contributed by atoms with van der Waals surface area (Å²) in [5.74, 6) is -1.08. The molecule has 1 aromatic heterocycles. The molecule has 0 saturated heterocycles. The van der Waals surface area contributed by atoms with Crippen LogP contribution in [-0.4, -0.2) is 5.91 Å². The molecule has 0 saturated carbocycles. The van der Waals surface area contributed by atoms with Gasteiger partial charge in [-0.1, -0.05) is 23.7 Å². The van der Waals surface area contributed by atoms with Crippen molar-refractivity contribution in [2.75, 3.05) is 5.32 Å². The van der Waals surface area contributed by atoms with Crippen LogP contribution in [0.25, 0.3) is 0 Å². The molecule has 1 heterocycles. The van der Waals surface area contributed by atoms with Crippen LogP contribution in [0, 0.1) is 5.82 Å². The quantitative estimate of drug-likeness (QED) is 0.909. The maximum Gasteiger partial charge on any atom is 0.246 e. The topological polar surface area (TPSA) is 55.1 Å². The summed E-state index contributed by atoms with van der Waals surface area (Å²) in [6, 6.07) is 6.89. The Hall–Kier alpha value is -1.43. The molecule has 1 amide bonds. The smallest absolute Gasteiger partial charge is 0.246 e. The van der Waals surface area contributed by atoms with E-state index in [1.54, 1.807) is 12.1 Å². The first-order valence-electron chi connectivity index (χ1n) is 5.13. The Bertz CT molecular complexity index is 539. The fourth-order valence-electron chi connectivity index (χ4n) is 1.42. The van der Waals surface area contributed by atoms with E-state index in [-0.39, 0.29) is 10.7 Å². The summed E-state index contributed by atoms with van der Waals surface area (Å²) >= 11 is 7.18. The minimum atomic E-state index is -0.833. The molecule has 1 unspecified atom stereocenters. The summed E-state index contributed by atoms with van der Waals surface area (Å²) < 4.78 is 13.5. The van der Waals surface area contributed by atoms with Crippen molar-refractivity contribution in [1.29, 1.82) is 0 Å². The highest BCUT2D eigenvalue weighted by Gasteiger charge is 2.19. The average Bonchev–Trinajstić information content (AvgIpc) is 2.86. The Morgan fingerprint density at radius 3 is 2.78 bits per heavy atom. The van der Waals surface area contributed by atoms with Crippen LogP contribution < -0.4 is 11.1 Å². The van der Waals surface area contributed by atoms with E-state index in [9.17, 15) is 9.18 Å². The first-order valence-corrected chi connectivity index (χ1v) is 6.39. The number of para-hydroxylation sites is 1.